The monoisotopic (exact) mass is 347 g/mol. The molecule has 4 N–H and O–H groups in total. The summed E-state index contributed by atoms with van der Waals surface area (Å²) in [7, 11) is 0. The molecule has 0 unspecified atom stereocenters. The summed E-state index contributed by atoms with van der Waals surface area (Å²) >= 11 is 0. The minimum absolute atomic E-state index is 0.150. The second kappa shape index (κ2) is 6.90. The van der Waals surface area contributed by atoms with Crippen molar-refractivity contribution in [2.75, 3.05) is 11.5 Å². The molecule has 1 fully saturated rings. The minimum Gasteiger partial charge on any atom is -0.491 e. The molecule has 1 saturated carbocycles. The summed E-state index contributed by atoms with van der Waals surface area (Å²) in [6, 6.07) is 4.80. The average molecular weight is 347 g/mol. The van der Waals surface area contributed by atoms with Crippen LogP contribution >= 0.6 is 0 Å². The number of halogens is 1. The van der Waals surface area contributed by atoms with Gasteiger partial charge in [-0.15, -0.1) is 0 Å². The number of hydrogen-bond donors (Lipinski definition) is 2. The van der Waals surface area contributed by atoms with Gasteiger partial charge in [-0.1, -0.05) is 26.3 Å². The Kier molecular flexibility index (Phi) is 4.83. The van der Waals surface area contributed by atoms with Gasteiger partial charge in [0.1, 0.15) is 17.1 Å². The fraction of sp³-hybridized carbons (Fsp3) is 0.556. The van der Waals surface area contributed by atoms with E-state index in [0.717, 1.165) is 32.1 Å². The molecular weight excluding hydrogens is 321 g/mol. The highest BCUT2D eigenvalue weighted by Gasteiger charge is 2.44. The van der Waals surface area contributed by atoms with Crippen molar-refractivity contribution in [1.82, 2.24) is 0 Å². The third-order valence-electron chi connectivity index (χ3n) is 4.60. The van der Waals surface area contributed by atoms with E-state index in [1.807, 2.05) is 13.8 Å². The molecule has 1 aliphatic carbocycles. The molecule has 1 aromatic rings. The number of rotatable bonds is 4. The summed E-state index contributed by atoms with van der Waals surface area (Å²) in [6.07, 6.45) is 4.59. The Balaban J connectivity index is 2.08. The Bertz CT molecular complexity index is 695. The van der Waals surface area contributed by atoms with Crippen LogP contribution in [0.5, 0.6) is 5.75 Å². The number of nitrogens with zero attached hydrogens (tertiary/aromatic N) is 3. The topological polar surface area (TPSA) is 89.2 Å². The van der Waals surface area contributed by atoms with E-state index in [4.69, 9.17) is 16.2 Å². The van der Waals surface area contributed by atoms with E-state index in [2.05, 4.69) is 9.98 Å². The fourth-order valence-corrected chi connectivity index (χ4v) is 3.53. The molecule has 0 saturated heterocycles. The summed E-state index contributed by atoms with van der Waals surface area (Å²) in [5.74, 6) is 0.679. The fourth-order valence-electron chi connectivity index (χ4n) is 3.53. The lowest BCUT2D eigenvalue weighted by molar-refractivity contribution is 0.264. The molecule has 2 aliphatic rings. The molecule has 0 bridgehead atoms. The third kappa shape index (κ3) is 3.41. The molecule has 0 aromatic heterocycles. The molecule has 0 radical (unpaired) electrons. The van der Waals surface area contributed by atoms with Gasteiger partial charge in [0.2, 0.25) is 11.9 Å². The predicted octanol–water partition coefficient (Wildman–Crippen LogP) is 2.97. The smallest absolute Gasteiger partial charge is 0.220 e. The number of para-hydroxylation sites is 1. The van der Waals surface area contributed by atoms with E-state index < -0.39 is 11.5 Å². The Morgan fingerprint density at radius 2 is 1.96 bits per heavy atom. The van der Waals surface area contributed by atoms with Crippen molar-refractivity contribution in [3.63, 3.8) is 0 Å². The van der Waals surface area contributed by atoms with Crippen LogP contribution in [0.3, 0.4) is 0 Å². The third-order valence-corrected chi connectivity index (χ3v) is 4.60. The maximum absolute atomic E-state index is 14.9. The van der Waals surface area contributed by atoms with E-state index >= 15 is 0 Å². The van der Waals surface area contributed by atoms with E-state index in [0.29, 0.717) is 24.0 Å². The lowest BCUT2D eigenvalue weighted by Crippen LogP contribution is -2.58. The van der Waals surface area contributed by atoms with Gasteiger partial charge in [0, 0.05) is 0 Å². The van der Waals surface area contributed by atoms with E-state index in [1.54, 1.807) is 17.0 Å². The van der Waals surface area contributed by atoms with Crippen LogP contribution in [-0.4, -0.2) is 24.2 Å². The van der Waals surface area contributed by atoms with Crippen molar-refractivity contribution in [1.29, 1.82) is 0 Å². The van der Waals surface area contributed by atoms with Crippen LogP contribution in [0.25, 0.3) is 0 Å². The van der Waals surface area contributed by atoms with Crippen molar-refractivity contribution >= 4 is 17.6 Å². The maximum atomic E-state index is 14.9. The second-order valence-corrected chi connectivity index (χ2v) is 7.11. The van der Waals surface area contributed by atoms with Crippen molar-refractivity contribution < 1.29 is 9.13 Å². The number of hydrogen-bond acceptors (Lipinski definition) is 6. The van der Waals surface area contributed by atoms with Crippen LogP contribution in [0.4, 0.5) is 10.1 Å². The maximum Gasteiger partial charge on any atom is 0.220 e. The average Bonchev–Trinajstić information content (AvgIpc) is 2.54. The van der Waals surface area contributed by atoms with Gasteiger partial charge in [-0.2, -0.15) is 4.99 Å². The van der Waals surface area contributed by atoms with Gasteiger partial charge in [0.25, 0.3) is 0 Å². The normalized spacial score (nSPS) is 19.8. The van der Waals surface area contributed by atoms with Crippen LogP contribution < -0.4 is 21.1 Å². The molecule has 1 heterocycles. The Morgan fingerprint density at radius 3 is 2.64 bits per heavy atom. The molecule has 0 amide bonds. The van der Waals surface area contributed by atoms with Crippen molar-refractivity contribution in [2.24, 2.45) is 27.4 Å². The molecule has 7 heteroatoms. The highest BCUT2D eigenvalue weighted by molar-refractivity contribution is 6.06. The van der Waals surface area contributed by atoms with Gasteiger partial charge in [-0.05, 0) is 43.7 Å². The van der Waals surface area contributed by atoms with Crippen LogP contribution in [-0.2, 0) is 0 Å². The van der Waals surface area contributed by atoms with Crippen LogP contribution in [0, 0.1) is 11.7 Å². The Labute approximate surface area is 147 Å². The highest BCUT2D eigenvalue weighted by atomic mass is 19.1. The second-order valence-electron chi connectivity index (χ2n) is 7.11. The summed E-state index contributed by atoms with van der Waals surface area (Å²) < 4.78 is 20.7. The summed E-state index contributed by atoms with van der Waals surface area (Å²) in [6.45, 7) is 4.58. The van der Waals surface area contributed by atoms with Gasteiger partial charge in [-0.3, -0.25) is 4.90 Å². The number of ether oxygens (including phenoxy) is 1. The first-order valence-corrected chi connectivity index (χ1v) is 8.84. The summed E-state index contributed by atoms with van der Waals surface area (Å²) in [5, 5.41) is 0. The predicted molar refractivity (Wildman–Crippen MR) is 98.3 cm³/mol. The van der Waals surface area contributed by atoms with Gasteiger partial charge < -0.3 is 16.2 Å². The van der Waals surface area contributed by atoms with Crippen LogP contribution in [0.1, 0.15) is 46.0 Å². The lowest BCUT2D eigenvalue weighted by atomic mass is 9.87. The highest BCUT2D eigenvalue weighted by Crippen LogP contribution is 2.43. The molecule has 3 rings (SSSR count). The van der Waals surface area contributed by atoms with Gasteiger partial charge in [0.15, 0.2) is 5.82 Å². The lowest BCUT2D eigenvalue weighted by Gasteiger charge is -2.45. The zero-order chi connectivity index (χ0) is 18.0. The zero-order valence-corrected chi connectivity index (χ0v) is 14.8. The van der Waals surface area contributed by atoms with Gasteiger partial charge in [-0.25, -0.2) is 9.38 Å². The van der Waals surface area contributed by atoms with Crippen LogP contribution in [0.15, 0.2) is 28.2 Å². The number of anilines is 1. The van der Waals surface area contributed by atoms with Gasteiger partial charge >= 0.3 is 0 Å². The van der Waals surface area contributed by atoms with Crippen molar-refractivity contribution in [2.45, 2.75) is 51.6 Å². The molecule has 1 aromatic carbocycles. The number of nitrogens with two attached hydrogens (primary N) is 2. The zero-order valence-electron chi connectivity index (χ0n) is 14.8. The van der Waals surface area contributed by atoms with Crippen LogP contribution in [0.2, 0.25) is 0 Å². The van der Waals surface area contributed by atoms with E-state index in [-0.39, 0.29) is 11.9 Å². The standard InChI is InChI=1S/C18H26FN5O/c1-12(2)11-25-14-8-6-7-13(19)15(14)24-17(21)22-16(20)23-18(24)9-4-3-5-10-18/h6-8,12H,3-5,9-11H2,1-2H3,(H4,20,21,22,23). The first-order valence-electron chi connectivity index (χ1n) is 8.84. The number of guanidine groups is 2. The van der Waals surface area contributed by atoms with Crippen molar-refractivity contribution in [3.8, 4) is 5.75 Å². The molecule has 0 atom stereocenters. The minimum atomic E-state index is -0.688. The molecule has 1 spiro atoms. The molecular formula is C18H26FN5O. The quantitative estimate of drug-likeness (QED) is 0.876. The molecule has 6 nitrogen and oxygen atoms in total. The Morgan fingerprint density at radius 1 is 1.24 bits per heavy atom. The Hall–Kier alpha value is -2.31. The molecule has 1 aliphatic heterocycles. The summed E-state index contributed by atoms with van der Waals surface area (Å²) in [5.41, 5.74) is 11.7. The van der Waals surface area contributed by atoms with E-state index in [9.17, 15) is 4.39 Å². The summed E-state index contributed by atoms with van der Waals surface area (Å²) in [4.78, 5) is 10.4. The largest absolute Gasteiger partial charge is 0.491 e. The number of benzene rings is 1. The van der Waals surface area contributed by atoms with E-state index in [1.165, 1.54) is 6.07 Å². The van der Waals surface area contributed by atoms with Crippen molar-refractivity contribution in [3.05, 3.63) is 24.0 Å². The first kappa shape index (κ1) is 17.5. The molecule has 136 valence electrons. The SMILES string of the molecule is CC(C)COc1cccc(F)c1N1C(N)=NC(N)=NC12CCCCC2. The van der Waals surface area contributed by atoms with Gasteiger partial charge in [0.05, 0.1) is 6.61 Å². The number of aliphatic imine (C=N–C) groups is 2. The first-order chi connectivity index (χ1) is 11.9. The molecule has 25 heavy (non-hydrogen) atoms.